The molecule has 0 aliphatic heterocycles. The smallest absolute Gasteiger partial charge is 0.261 e. The van der Waals surface area contributed by atoms with E-state index < -0.39 is 15.6 Å². The third kappa shape index (κ3) is 2.36. The molecular weight excluding hydrogens is 276 g/mol. The number of nitriles is 1. The Bertz CT molecular complexity index is 576. The van der Waals surface area contributed by atoms with Crippen LogP contribution >= 0.6 is 11.6 Å². The van der Waals surface area contributed by atoms with Crippen LogP contribution in [0, 0.1) is 11.3 Å². The van der Waals surface area contributed by atoms with Crippen LogP contribution in [0.15, 0.2) is 11.2 Å². The van der Waals surface area contributed by atoms with E-state index in [0.29, 0.717) is 12.8 Å². The third-order valence-corrected chi connectivity index (χ3v) is 4.83. The van der Waals surface area contributed by atoms with Crippen molar-refractivity contribution >= 4 is 21.6 Å². The van der Waals surface area contributed by atoms with Gasteiger partial charge in [0.1, 0.15) is 5.54 Å². The van der Waals surface area contributed by atoms with E-state index in [0.717, 1.165) is 12.8 Å². The summed E-state index contributed by atoms with van der Waals surface area (Å²) in [4.78, 5) is 3.76. The van der Waals surface area contributed by atoms with Crippen LogP contribution in [0.3, 0.4) is 0 Å². The van der Waals surface area contributed by atoms with Crippen molar-refractivity contribution < 1.29 is 8.42 Å². The molecular formula is C10H13ClN4O2S. The number of aromatic nitrogens is 2. The van der Waals surface area contributed by atoms with Crippen molar-refractivity contribution in [1.82, 2.24) is 14.3 Å². The molecule has 0 saturated heterocycles. The van der Waals surface area contributed by atoms with Crippen LogP contribution in [-0.4, -0.2) is 23.5 Å². The van der Waals surface area contributed by atoms with Crippen molar-refractivity contribution in [2.24, 2.45) is 7.05 Å². The predicted octanol–water partition coefficient (Wildman–Crippen LogP) is 1.19. The summed E-state index contributed by atoms with van der Waals surface area (Å²) in [5.74, 6) is 0. The monoisotopic (exact) mass is 288 g/mol. The molecule has 6 nitrogen and oxygen atoms in total. The normalized spacial score (nSPS) is 18.7. The van der Waals surface area contributed by atoms with Gasteiger partial charge in [-0.2, -0.15) is 9.98 Å². The summed E-state index contributed by atoms with van der Waals surface area (Å²) < 4.78 is 28.1. The molecule has 0 bridgehead atoms. The van der Waals surface area contributed by atoms with Gasteiger partial charge in [-0.05, 0) is 24.4 Å². The molecule has 8 heteroatoms. The lowest BCUT2D eigenvalue weighted by atomic mass is 10.0. The largest absolute Gasteiger partial charge is 0.323 e. The molecule has 1 aromatic rings. The van der Waals surface area contributed by atoms with Crippen LogP contribution < -0.4 is 4.72 Å². The lowest BCUT2D eigenvalue weighted by molar-refractivity contribution is 0.484. The highest BCUT2D eigenvalue weighted by Gasteiger charge is 2.39. The number of hydrogen-bond donors (Lipinski definition) is 1. The average molecular weight is 289 g/mol. The highest BCUT2D eigenvalue weighted by molar-refractivity contribution is 7.89. The van der Waals surface area contributed by atoms with E-state index in [9.17, 15) is 8.42 Å². The Hall–Kier alpha value is -1.10. The third-order valence-electron chi connectivity index (χ3n) is 3.07. The Labute approximate surface area is 111 Å². The fraction of sp³-hybridized carbons (Fsp3) is 0.600. The number of hydrogen-bond acceptors (Lipinski definition) is 4. The summed E-state index contributed by atoms with van der Waals surface area (Å²) in [5.41, 5.74) is -0.997. The molecule has 1 heterocycles. The Morgan fingerprint density at radius 2 is 2.17 bits per heavy atom. The molecule has 1 saturated carbocycles. The van der Waals surface area contributed by atoms with Crippen molar-refractivity contribution in [3.63, 3.8) is 0 Å². The standard InChI is InChI=1S/C10H13ClN4O2S/c1-15-6-8(13-9(15)11)18(16,17)14-10(7-12)4-2-3-5-10/h6,14H,2-5H2,1H3. The van der Waals surface area contributed by atoms with Gasteiger partial charge in [0.2, 0.25) is 5.28 Å². The maximum atomic E-state index is 12.1. The second-order valence-corrected chi connectivity index (χ2v) is 6.43. The van der Waals surface area contributed by atoms with E-state index in [1.807, 2.05) is 0 Å². The quantitative estimate of drug-likeness (QED) is 0.905. The van der Waals surface area contributed by atoms with Gasteiger partial charge in [-0.15, -0.1) is 0 Å². The highest BCUT2D eigenvalue weighted by atomic mass is 35.5. The molecule has 0 radical (unpaired) electrons. The molecule has 1 aromatic heterocycles. The highest BCUT2D eigenvalue weighted by Crippen LogP contribution is 2.30. The zero-order valence-corrected chi connectivity index (χ0v) is 11.4. The average Bonchev–Trinajstić information content (AvgIpc) is 2.88. The molecule has 0 amide bonds. The number of nitrogens with one attached hydrogen (secondary N) is 1. The van der Waals surface area contributed by atoms with E-state index in [4.69, 9.17) is 16.9 Å². The van der Waals surface area contributed by atoms with Crippen molar-refractivity contribution in [2.45, 2.75) is 36.2 Å². The SMILES string of the molecule is Cn1cc(S(=O)(=O)NC2(C#N)CCCC2)nc1Cl. The Balaban J connectivity index is 2.30. The van der Waals surface area contributed by atoms with Gasteiger partial charge in [0.25, 0.3) is 10.0 Å². The van der Waals surface area contributed by atoms with E-state index in [1.165, 1.54) is 10.8 Å². The van der Waals surface area contributed by atoms with E-state index in [-0.39, 0.29) is 10.3 Å². The first-order valence-corrected chi connectivity index (χ1v) is 7.39. The first-order chi connectivity index (χ1) is 8.38. The van der Waals surface area contributed by atoms with Gasteiger partial charge in [-0.3, -0.25) is 0 Å². The fourth-order valence-electron chi connectivity index (χ4n) is 2.07. The minimum absolute atomic E-state index is 0.0906. The summed E-state index contributed by atoms with van der Waals surface area (Å²) in [6, 6.07) is 2.07. The molecule has 0 aromatic carbocycles. The van der Waals surface area contributed by atoms with Gasteiger partial charge in [-0.25, -0.2) is 13.4 Å². The van der Waals surface area contributed by atoms with Crippen LogP contribution in [0.25, 0.3) is 0 Å². The van der Waals surface area contributed by atoms with Gasteiger partial charge in [0.05, 0.1) is 6.07 Å². The molecule has 1 aliphatic rings. The second-order valence-electron chi connectivity index (χ2n) is 4.47. The number of aryl methyl sites for hydroxylation is 1. The topological polar surface area (TPSA) is 87.8 Å². The van der Waals surface area contributed by atoms with Gasteiger partial charge in [0, 0.05) is 13.2 Å². The fourth-order valence-corrected chi connectivity index (χ4v) is 3.63. The second kappa shape index (κ2) is 4.53. The molecule has 18 heavy (non-hydrogen) atoms. The van der Waals surface area contributed by atoms with Crippen molar-refractivity contribution in [3.8, 4) is 6.07 Å². The summed E-state index contributed by atoms with van der Waals surface area (Å²) in [6.45, 7) is 0. The first-order valence-electron chi connectivity index (χ1n) is 5.53. The maximum Gasteiger partial charge on any atom is 0.261 e. The molecule has 1 fully saturated rings. The Kier molecular flexibility index (Phi) is 3.36. The molecule has 98 valence electrons. The number of sulfonamides is 1. The molecule has 0 unspecified atom stereocenters. The van der Waals surface area contributed by atoms with E-state index >= 15 is 0 Å². The van der Waals surface area contributed by atoms with Crippen LogP contribution in [0.2, 0.25) is 5.28 Å². The molecule has 0 spiro atoms. The van der Waals surface area contributed by atoms with Gasteiger partial charge in [-0.1, -0.05) is 12.8 Å². The lowest BCUT2D eigenvalue weighted by Crippen LogP contribution is -2.45. The molecule has 1 N–H and O–H groups in total. The predicted molar refractivity (Wildman–Crippen MR) is 65.4 cm³/mol. The zero-order chi connectivity index (χ0) is 13.4. The first kappa shape index (κ1) is 13.3. The Morgan fingerprint density at radius 1 is 1.56 bits per heavy atom. The molecule has 2 rings (SSSR count). The number of nitrogens with zero attached hydrogens (tertiary/aromatic N) is 3. The number of rotatable bonds is 3. The van der Waals surface area contributed by atoms with Gasteiger partial charge < -0.3 is 4.57 Å². The van der Waals surface area contributed by atoms with Crippen LogP contribution in [0.5, 0.6) is 0 Å². The van der Waals surface area contributed by atoms with Crippen molar-refractivity contribution in [1.29, 1.82) is 5.26 Å². The minimum atomic E-state index is -3.80. The zero-order valence-electron chi connectivity index (χ0n) is 9.85. The van der Waals surface area contributed by atoms with Crippen molar-refractivity contribution in [2.75, 3.05) is 0 Å². The summed E-state index contributed by atoms with van der Waals surface area (Å²) in [7, 11) is -2.20. The van der Waals surface area contributed by atoms with Crippen LogP contribution in [0.1, 0.15) is 25.7 Å². The van der Waals surface area contributed by atoms with Gasteiger partial charge in [0.15, 0.2) is 5.03 Å². The lowest BCUT2D eigenvalue weighted by Gasteiger charge is -2.20. The van der Waals surface area contributed by atoms with Gasteiger partial charge >= 0.3 is 0 Å². The molecule has 1 aliphatic carbocycles. The van der Waals surface area contributed by atoms with E-state index in [1.54, 1.807) is 7.05 Å². The van der Waals surface area contributed by atoms with E-state index in [2.05, 4.69) is 15.8 Å². The van der Waals surface area contributed by atoms with Crippen LogP contribution in [-0.2, 0) is 17.1 Å². The Morgan fingerprint density at radius 3 is 2.61 bits per heavy atom. The molecule has 0 atom stereocenters. The number of imidazole rings is 1. The minimum Gasteiger partial charge on any atom is -0.323 e. The maximum absolute atomic E-state index is 12.1. The van der Waals surface area contributed by atoms with Crippen molar-refractivity contribution in [3.05, 3.63) is 11.5 Å². The number of halogens is 1. The summed E-state index contributed by atoms with van der Waals surface area (Å²) >= 11 is 5.72. The summed E-state index contributed by atoms with van der Waals surface area (Å²) in [5, 5.41) is 9.09. The summed E-state index contributed by atoms with van der Waals surface area (Å²) in [6.07, 6.45) is 4.08. The van der Waals surface area contributed by atoms with Crippen LogP contribution in [0.4, 0.5) is 0 Å².